The summed E-state index contributed by atoms with van der Waals surface area (Å²) in [5.41, 5.74) is 7.66. The van der Waals surface area contributed by atoms with Crippen LogP contribution in [0.2, 0.25) is 0 Å². The topological polar surface area (TPSA) is 98.2 Å². The molecule has 0 atom stereocenters. The lowest BCUT2D eigenvalue weighted by atomic mass is 9.82. The van der Waals surface area contributed by atoms with Gasteiger partial charge in [-0.25, -0.2) is 4.98 Å². The zero-order chi connectivity index (χ0) is 17.4. The number of nitrogen functional groups attached to an aromatic ring is 1. The number of amides is 1. The summed E-state index contributed by atoms with van der Waals surface area (Å²) < 4.78 is 1.88. The first-order chi connectivity index (χ1) is 12.1. The Morgan fingerprint density at radius 1 is 1.24 bits per heavy atom. The smallest absolute Gasteiger partial charge is 0.253 e. The zero-order valence-electron chi connectivity index (χ0n) is 14.0. The second kappa shape index (κ2) is 6.11. The number of aryl methyl sites for hydroxylation is 1. The highest BCUT2D eigenvalue weighted by atomic mass is 32.1. The minimum absolute atomic E-state index is 0.107. The van der Waals surface area contributed by atoms with E-state index >= 15 is 0 Å². The maximum Gasteiger partial charge on any atom is 0.253 e. The molecule has 0 unspecified atom stereocenters. The monoisotopic (exact) mass is 356 g/mol. The minimum Gasteiger partial charge on any atom is -0.374 e. The number of aromatic nitrogens is 4. The first-order valence-electron chi connectivity index (χ1n) is 8.43. The van der Waals surface area contributed by atoms with E-state index < -0.39 is 5.54 Å². The summed E-state index contributed by atoms with van der Waals surface area (Å²) in [5, 5.41) is 12.6. The molecule has 0 bridgehead atoms. The Morgan fingerprint density at radius 3 is 2.76 bits per heavy atom. The Labute approximate surface area is 149 Å². The van der Waals surface area contributed by atoms with Gasteiger partial charge in [-0.1, -0.05) is 30.6 Å². The number of hydrogen-bond acceptors (Lipinski definition) is 6. The van der Waals surface area contributed by atoms with E-state index in [9.17, 15) is 4.79 Å². The summed E-state index contributed by atoms with van der Waals surface area (Å²) in [6.45, 7) is 1.93. The maximum atomic E-state index is 12.9. The minimum atomic E-state index is -0.468. The first kappa shape index (κ1) is 16.0. The highest BCUT2D eigenvalue weighted by Crippen LogP contribution is 2.39. The quantitative estimate of drug-likeness (QED) is 0.752. The van der Waals surface area contributed by atoms with Crippen LogP contribution in [0.3, 0.4) is 0 Å². The molecule has 1 fully saturated rings. The fourth-order valence-corrected chi connectivity index (χ4v) is 4.33. The number of rotatable bonds is 3. The van der Waals surface area contributed by atoms with Crippen LogP contribution in [0.15, 0.2) is 24.5 Å². The molecular formula is C17H20N6OS. The number of carbonyl (C=O) groups excluding carboxylic acids is 1. The molecule has 8 heteroatoms. The molecule has 3 N–H and O–H groups in total. The highest BCUT2D eigenvalue weighted by molar-refractivity contribution is 7.15. The second-order valence-corrected chi connectivity index (χ2v) is 7.62. The molecule has 3 aromatic heterocycles. The molecule has 1 saturated carbocycles. The Balaban J connectivity index is 1.65. The van der Waals surface area contributed by atoms with Gasteiger partial charge in [-0.05, 0) is 31.9 Å². The van der Waals surface area contributed by atoms with Crippen molar-refractivity contribution < 1.29 is 4.79 Å². The van der Waals surface area contributed by atoms with E-state index in [0.29, 0.717) is 10.7 Å². The van der Waals surface area contributed by atoms with Crippen LogP contribution < -0.4 is 11.1 Å². The van der Waals surface area contributed by atoms with Crippen LogP contribution in [0.25, 0.3) is 5.65 Å². The lowest BCUT2D eigenvalue weighted by Gasteiger charge is -2.36. The van der Waals surface area contributed by atoms with Gasteiger partial charge in [0.15, 0.2) is 0 Å². The molecule has 3 aromatic rings. The number of nitrogens with two attached hydrogens (primary N) is 1. The number of pyridine rings is 1. The summed E-state index contributed by atoms with van der Waals surface area (Å²) in [7, 11) is 0. The van der Waals surface area contributed by atoms with Gasteiger partial charge in [0.1, 0.15) is 10.7 Å². The van der Waals surface area contributed by atoms with Gasteiger partial charge in [0.25, 0.3) is 5.91 Å². The molecule has 1 amide bonds. The van der Waals surface area contributed by atoms with Crippen LogP contribution >= 0.6 is 11.3 Å². The van der Waals surface area contributed by atoms with Crippen molar-refractivity contribution in [2.45, 2.75) is 44.6 Å². The zero-order valence-corrected chi connectivity index (χ0v) is 14.8. The van der Waals surface area contributed by atoms with Crippen LogP contribution in [0.5, 0.6) is 0 Å². The predicted octanol–water partition coefficient (Wildman–Crippen LogP) is 2.67. The molecule has 7 nitrogen and oxygen atoms in total. The summed E-state index contributed by atoms with van der Waals surface area (Å²) >= 11 is 1.36. The van der Waals surface area contributed by atoms with Crippen molar-refractivity contribution in [3.8, 4) is 0 Å². The van der Waals surface area contributed by atoms with Gasteiger partial charge >= 0.3 is 0 Å². The standard InChI is InChI=1S/C17H20N6OS/c1-11-9-23-10-12(5-6-13(23)19-11)14(24)20-17(7-3-2-4-8-17)15-21-22-16(18)25-15/h5-6,9-10H,2-4,7-8H2,1H3,(H2,18,22)(H,20,24). The molecule has 1 aliphatic carbocycles. The molecular weight excluding hydrogens is 336 g/mol. The van der Waals surface area contributed by atoms with Crippen molar-refractivity contribution in [3.63, 3.8) is 0 Å². The van der Waals surface area contributed by atoms with E-state index in [-0.39, 0.29) is 5.91 Å². The van der Waals surface area contributed by atoms with Crippen LogP contribution in [-0.2, 0) is 5.54 Å². The summed E-state index contributed by atoms with van der Waals surface area (Å²) in [6, 6.07) is 3.67. The van der Waals surface area contributed by atoms with Gasteiger partial charge < -0.3 is 15.5 Å². The molecule has 0 radical (unpaired) electrons. The van der Waals surface area contributed by atoms with Crippen molar-refractivity contribution in [2.24, 2.45) is 0 Å². The normalized spacial score (nSPS) is 16.8. The van der Waals surface area contributed by atoms with Crippen LogP contribution in [-0.4, -0.2) is 25.5 Å². The van der Waals surface area contributed by atoms with Crippen molar-refractivity contribution in [1.29, 1.82) is 0 Å². The van der Waals surface area contributed by atoms with Crippen molar-refractivity contribution in [1.82, 2.24) is 24.9 Å². The second-order valence-electron chi connectivity index (χ2n) is 6.61. The fraction of sp³-hybridized carbons (Fsp3) is 0.412. The van der Waals surface area contributed by atoms with Gasteiger partial charge in [0.2, 0.25) is 5.13 Å². The van der Waals surface area contributed by atoms with Gasteiger partial charge in [0.05, 0.1) is 16.8 Å². The Bertz CT molecular complexity index is 924. The van der Waals surface area contributed by atoms with E-state index in [2.05, 4.69) is 20.5 Å². The molecule has 0 saturated heterocycles. The Hall–Kier alpha value is -2.48. The fourth-order valence-electron chi connectivity index (χ4n) is 3.52. The molecule has 4 rings (SSSR count). The first-order valence-corrected chi connectivity index (χ1v) is 9.25. The number of anilines is 1. The lowest BCUT2D eigenvalue weighted by molar-refractivity contribution is 0.0865. The van der Waals surface area contributed by atoms with Crippen molar-refractivity contribution in [2.75, 3.05) is 5.73 Å². The van der Waals surface area contributed by atoms with Gasteiger partial charge in [-0.2, -0.15) is 0 Å². The Kier molecular flexibility index (Phi) is 3.91. The molecule has 3 heterocycles. The van der Waals surface area contributed by atoms with E-state index in [4.69, 9.17) is 5.73 Å². The summed E-state index contributed by atoms with van der Waals surface area (Å²) in [4.78, 5) is 17.3. The number of imidazole rings is 1. The van der Waals surface area contributed by atoms with E-state index in [1.807, 2.05) is 35.9 Å². The average Bonchev–Trinajstić information content (AvgIpc) is 3.19. The van der Waals surface area contributed by atoms with Crippen molar-refractivity contribution >= 4 is 28.0 Å². The van der Waals surface area contributed by atoms with E-state index in [0.717, 1.165) is 42.0 Å². The predicted molar refractivity (Wildman–Crippen MR) is 96.5 cm³/mol. The number of hydrogen-bond donors (Lipinski definition) is 2. The number of nitrogens with one attached hydrogen (secondary N) is 1. The molecule has 0 aliphatic heterocycles. The molecule has 25 heavy (non-hydrogen) atoms. The van der Waals surface area contributed by atoms with Crippen LogP contribution in [0.4, 0.5) is 5.13 Å². The molecule has 0 aromatic carbocycles. The third-order valence-electron chi connectivity index (χ3n) is 4.74. The van der Waals surface area contributed by atoms with E-state index in [1.54, 1.807) is 0 Å². The number of nitrogens with zero attached hydrogens (tertiary/aromatic N) is 4. The summed E-state index contributed by atoms with van der Waals surface area (Å²) in [5.74, 6) is -0.107. The van der Waals surface area contributed by atoms with E-state index in [1.165, 1.54) is 17.8 Å². The SMILES string of the molecule is Cc1cn2cc(C(=O)NC3(c4nnc(N)s4)CCCCC3)ccc2n1. The highest BCUT2D eigenvalue weighted by Gasteiger charge is 2.39. The lowest BCUT2D eigenvalue weighted by Crippen LogP contribution is -2.47. The van der Waals surface area contributed by atoms with Gasteiger partial charge in [-0.3, -0.25) is 4.79 Å². The number of carbonyl (C=O) groups is 1. The van der Waals surface area contributed by atoms with Crippen molar-refractivity contribution in [3.05, 3.63) is 40.8 Å². The molecule has 0 spiro atoms. The summed E-state index contributed by atoms with van der Waals surface area (Å²) in [6.07, 6.45) is 8.73. The van der Waals surface area contributed by atoms with Crippen LogP contribution in [0.1, 0.15) is 53.2 Å². The third-order valence-corrected chi connectivity index (χ3v) is 5.70. The largest absolute Gasteiger partial charge is 0.374 e. The maximum absolute atomic E-state index is 12.9. The third kappa shape index (κ3) is 2.97. The number of fused-ring (bicyclic) bond motifs is 1. The average molecular weight is 356 g/mol. The van der Waals surface area contributed by atoms with Crippen LogP contribution in [0, 0.1) is 6.92 Å². The van der Waals surface area contributed by atoms with Gasteiger partial charge in [0, 0.05) is 12.4 Å². The molecule has 1 aliphatic rings. The van der Waals surface area contributed by atoms with Gasteiger partial charge in [-0.15, -0.1) is 10.2 Å². The Morgan fingerprint density at radius 2 is 2.04 bits per heavy atom. The molecule has 130 valence electrons.